The molecule has 1 heterocycles. The predicted molar refractivity (Wildman–Crippen MR) is 47.1 cm³/mol. The fourth-order valence-corrected chi connectivity index (χ4v) is 1.93. The van der Waals surface area contributed by atoms with Gasteiger partial charge in [-0.2, -0.15) is 4.98 Å². The third kappa shape index (κ3) is 1.25. The third-order valence-corrected chi connectivity index (χ3v) is 2.72. The van der Waals surface area contributed by atoms with Gasteiger partial charge in [0.05, 0.1) is 11.0 Å². The SMILES string of the molecule is O=[N+]([O-])c1ccc2nc[s+]([O-])c2c1. The summed E-state index contributed by atoms with van der Waals surface area (Å²) < 4.78 is 11.6. The normalized spacial score (nSPS) is 11.9. The zero-order chi connectivity index (χ0) is 9.42. The van der Waals surface area contributed by atoms with Gasteiger partial charge in [0.2, 0.25) is 10.2 Å². The van der Waals surface area contributed by atoms with Crippen molar-refractivity contribution >= 4 is 26.7 Å². The number of thiazole rings is 1. The highest BCUT2D eigenvalue weighted by atomic mass is 32.2. The van der Waals surface area contributed by atoms with Crippen molar-refractivity contribution in [1.29, 1.82) is 0 Å². The lowest BCUT2D eigenvalue weighted by atomic mass is 10.3. The van der Waals surface area contributed by atoms with E-state index in [1.165, 1.54) is 23.7 Å². The van der Waals surface area contributed by atoms with E-state index in [9.17, 15) is 14.7 Å². The summed E-state index contributed by atoms with van der Waals surface area (Å²) in [5, 5.41) is 10.4. The van der Waals surface area contributed by atoms with Gasteiger partial charge in [0.15, 0.2) is 0 Å². The molecule has 1 atom stereocenters. The standard InChI is InChI=1S/C7H4N2O3S/c10-9(11)5-1-2-6-7(3-5)13(12)4-8-6/h1-4H. The Bertz CT molecular complexity index is 480. The highest BCUT2D eigenvalue weighted by Gasteiger charge is 2.12. The van der Waals surface area contributed by atoms with Crippen molar-refractivity contribution in [2.75, 3.05) is 0 Å². The van der Waals surface area contributed by atoms with Crippen molar-refractivity contribution in [3.05, 3.63) is 33.8 Å². The first kappa shape index (κ1) is 8.09. The molecule has 0 fully saturated rings. The monoisotopic (exact) mass is 196 g/mol. The predicted octanol–water partition coefficient (Wildman–Crippen LogP) is 1.87. The van der Waals surface area contributed by atoms with Gasteiger partial charge in [0.1, 0.15) is 5.52 Å². The fourth-order valence-electron chi connectivity index (χ4n) is 1.05. The number of non-ortho nitro benzene ring substituents is 1. The summed E-state index contributed by atoms with van der Waals surface area (Å²) in [7, 11) is -1.32. The van der Waals surface area contributed by atoms with Gasteiger partial charge in [-0.1, -0.05) is 0 Å². The maximum Gasteiger partial charge on any atom is 0.275 e. The van der Waals surface area contributed by atoms with Gasteiger partial charge in [-0.05, 0) is 16.8 Å². The molecule has 0 saturated carbocycles. The Balaban J connectivity index is 2.72. The van der Waals surface area contributed by atoms with Crippen LogP contribution in [0.15, 0.2) is 23.7 Å². The molecule has 0 radical (unpaired) electrons. The molecule has 0 saturated heterocycles. The van der Waals surface area contributed by atoms with Gasteiger partial charge in [-0.25, -0.2) is 0 Å². The van der Waals surface area contributed by atoms with E-state index in [0.717, 1.165) is 0 Å². The van der Waals surface area contributed by atoms with E-state index in [1.807, 2.05) is 0 Å². The van der Waals surface area contributed by atoms with Crippen LogP contribution < -0.4 is 0 Å². The summed E-state index contributed by atoms with van der Waals surface area (Å²) in [6.07, 6.45) is 0. The molecule has 0 bridgehead atoms. The first-order valence-electron chi connectivity index (χ1n) is 3.42. The maximum absolute atomic E-state index is 11.2. The Morgan fingerprint density at radius 2 is 2.23 bits per heavy atom. The van der Waals surface area contributed by atoms with Crippen LogP contribution in [0.5, 0.6) is 0 Å². The van der Waals surface area contributed by atoms with Crippen LogP contribution in [0.2, 0.25) is 0 Å². The number of nitro groups is 1. The number of aromatic nitrogens is 1. The molecule has 1 aromatic heterocycles. The second-order valence-corrected chi connectivity index (χ2v) is 3.69. The Morgan fingerprint density at radius 1 is 1.46 bits per heavy atom. The molecule has 0 aliphatic rings. The Morgan fingerprint density at radius 3 is 2.92 bits per heavy atom. The first-order valence-corrected chi connectivity index (χ1v) is 4.63. The van der Waals surface area contributed by atoms with E-state index in [0.29, 0.717) is 10.2 Å². The molecular formula is C7H4N2O3S. The van der Waals surface area contributed by atoms with Crippen molar-refractivity contribution in [2.24, 2.45) is 0 Å². The summed E-state index contributed by atoms with van der Waals surface area (Å²) in [6, 6.07) is 4.13. The van der Waals surface area contributed by atoms with E-state index < -0.39 is 15.7 Å². The molecule has 2 aromatic rings. The second kappa shape index (κ2) is 2.75. The van der Waals surface area contributed by atoms with Gasteiger partial charge in [0.25, 0.3) is 5.69 Å². The highest BCUT2D eigenvalue weighted by molar-refractivity contribution is 7.29. The zero-order valence-corrected chi connectivity index (χ0v) is 7.15. The molecule has 1 unspecified atom stereocenters. The summed E-state index contributed by atoms with van der Waals surface area (Å²) in [5.41, 5.74) is 1.76. The molecule has 0 spiro atoms. The quantitative estimate of drug-likeness (QED) is 0.396. The number of nitrogens with zero attached hydrogens (tertiary/aromatic N) is 2. The number of benzene rings is 1. The van der Waals surface area contributed by atoms with E-state index in [1.54, 1.807) is 0 Å². The van der Waals surface area contributed by atoms with Crippen LogP contribution in [0.4, 0.5) is 5.69 Å². The third-order valence-electron chi connectivity index (χ3n) is 1.66. The first-order chi connectivity index (χ1) is 6.18. The average Bonchev–Trinajstić information content (AvgIpc) is 2.47. The Hall–Kier alpha value is -1.53. The zero-order valence-electron chi connectivity index (χ0n) is 6.34. The van der Waals surface area contributed by atoms with Crippen LogP contribution in [-0.2, 0) is 0 Å². The minimum Gasteiger partial charge on any atom is -0.589 e. The molecule has 13 heavy (non-hydrogen) atoms. The van der Waals surface area contributed by atoms with Crippen molar-refractivity contribution in [3.8, 4) is 0 Å². The smallest absolute Gasteiger partial charge is 0.275 e. The highest BCUT2D eigenvalue weighted by Crippen LogP contribution is 2.28. The molecule has 2 rings (SSSR count). The van der Waals surface area contributed by atoms with Crippen molar-refractivity contribution in [3.63, 3.8) is 0 Å². The molecule has 6 heteroatoms. The Kier molecular flexibility index (Phi) is 1.71. The van der Waals surface area contributed by atoms with E-state index in [4.69, 9.17) is 0 Å². The molecule has 0 aliphatic carbocycles. The van der Waals surface area contributed by atoms with Gasteiger partial charge in [-0.15, -0.1) is 0 Å². The summed E-state index contributed by atoms with van der Waals surface area (Å²) in [5.74, 6) is 0. The fraction of sp³-hybridized carbons (Fsp3) is 0. The molecular weight excluding hydrogens is 192 g/mol. The molecule has 0 aliphatic heterocycles. The summed E-state index contributed by atoms with van der Waals surface area (Å²) >= 11 is 0. The van der Waals surface area contributed by atoms with Crippen LogP contribution in [0.3, 0.4) is 0 Å². The number of hydrogen-bond acceptors (Lipinski definition) is 4. The minimum atomic E-state index is -1.32. The largest absolute Gasteiger partial charge is 0.589 e. The minimum absolute atomic E-state index is 0.0578. The van der Waals surface area contributed by atoms with Crippen LogP contribution in [0.1, 0.15) is 0 Å². The van der Waals surface area contributed by atoms with Gasteiger partial charge in [0, 0.05) is 6.07 Å². The number of nitro benzene ring substituents is 1. The topological polar surface area (TPSA) is 79.1 Å². The molecule has 5 nitrogen and oxygen atoms in total. The number of rotatable bonds is 1. The molecule has 66 valence electrons. The number of hydrogen-bond donors (Lipinski definition) is 0. The van der Waals surface area contributed by atoms with E-state index >= 15 is 0 Å². The van der Waals surface area contributed by atoms with E-state index in [-0.39, 0.29) is 5.69 Å². The van der Waals surface area contributed by atoms with Gasteiger partial charge >= 0.3 is 0 Å². The lowest BCUT2D eigenvalue weighted by Crippen LogP contribution is -1.86. The number of fused-ring (bicyclic) bond motifs is 1. The van der Waals surface area contributed by atoms with Crippen molar-refractivity contribution in [1.82, 2.24) is 4.98 Å². The van der Waals surface area contributed by atoms with Crippen LogP contribution in [0.25, 0.3) is 10.2 Å². The second-order valence-electron chi connectivity index (χ2n) is 2.44. The van der Waals surface area contributed by atoms with Gasteiger partial charge < -0.3 is 4.55 Å². The molecule has 1 aromatic carbocycles. The van der Waals surface area contributed by atoms with E-state index in [2.05, 4.69) is 4.98 Å². The Labute approximate surface area is 75.6 Å². The van der Waals surface area contributed by atoms with Crippen molar-refractivity contribution < 1.29 is 9.48 Å². The molecule has 0 amide bonds. The summed E-state index contributed by atoms with van der Waals surface area (Å²) in [4.78, 5) is 13.7. The van der Waals surface area contributed by atoms with Crippen molar-refractivity contribution in [2.45, 2.75) is 0 Å². The van der Waals surface area contributed by atoms with Crippen LogP contribution in [0, 0.1) is 10.1 Å². The van der Waals surface area contributed by atoms with Gasteiger partial charge in [-0.3, -0.25) is 10.1 Å². The average molecular weight is 196 g/mol. The lowest BCUT2D eigenvalue weighted by molar-refractivity contribution is -0.384. The lowest BCUT2D eigenvalue weighted by Gasteiger charge is -1.89. The maximum atomic E-state index is 11.2. The molecule has 0 N–H and O–H groups in total. The summed E-state index contributed by atoms with van der Waals surface area (Å²) in [6.45, 7) is 0. The van der Waals surface area contributed by atoms with Crippen LogP contribution >= 0.6 is 10.8 Å². The van der Waals surface area contributed by atoms with Crippen LogP contribution in [-0.4, -0.2) is 14.5 Å².